The van der Waals surface area contributed by atoms with Gasteiger partial charge in [0.2, 0.25) is 0 Å². The zero-order valence-electron chi connectivity index (χ0n) is 17.0. The number of fused-ring (bicyclic) bond motifs is 1. The molecule has 2 N–H and O–H groups in total. The minimum atomic E-state index is -0.0229. The maximum absolute atomic E-state index is 9.00. The van der Waals surface area contributed by atoms with Gasteiger partial charge in [0.25, 0.3) is 0 Å². The molecule has 1 fully saturated rings. The van der Waals surface area contributed by atoms with Gasteiger partial charge in [-0.3, -0.25) is 4.57 Å². The largest absolute Gasteiger partial charge is 0.487 e. The number of nitrogens with one attached hydrogen (secondary N) is 1. The third-order valence-corrected chi connectivity index (χ3v) is 4.90. The Morgan fingerprint density at radius 2 is 2.10 bits per heavy atom. The first kappa shape index (κ1) is 21.0. The number of imidazole rings is 1. The Kier molecular flexibility index (Phi) is 6.89. The number of ether oxygens (including phenoxy) is 3. The molecule has 0 saturated carbocycles. The molecule has 0 atom stereocenters. The molecule has 0 unspecified atom stereocenters. The van der Waals surface area contributed by atoms with Gasteiger partial charge in [0.05, 0.1) is 25.4 Å². The molecule has 0 aromatic carbocycles. The predicted octanol–water partition coefficient (Wildman–Crippen LogP) is 1.67. The summed E-state index contributed by atoms with van der Waals surface area (Å²) >= 11 is 0. The quantitative estimate of drug-likeness (QED) is 0.493. The summed E-state index contributed by atoms with van der Waals surface area (Å²) < 4.78 is 18.4. The zero-order valence-corrected chi connectivity index (χ0v) is 17.0. The molecule has 31 heavy (non-hydrogen) atoms. The van der Waals surface area contributed by atoms with Crippen LogP contribution in [0, 0.1) is 11.3 Å². The fraction of sp³-hybridized carbons (Fsp3) is 0.429. The van der Waals surface area contributed by atoms with Gasteiger partial charge in [0.1, 0.15) is 30.3 Å². The predicted molar refractivity (Wildman–Crippen MR) is 112 cm³/mol. The minimum absolute atomic E-state index is 0.0229. The maximum atomic E-state index is 9.00. The minimum Gasteiger partial charge on any atom is -0.487 e. The molecule has 4 heterocycles. The maximum Gasteiger partial charge on any atom is 0.171 e. The lowest BCUT2D eigenvalue weighted by atomic mass is 10.1. The van der Waals surface area contributed by atoms with Crippen LogP contribution in [-0.2, 0) is 9.47 Å². The van der Waals surface area contributed by atoms with E-state index in [-0.39, 0.29) is 19.3 Å². The van der Waals surface area contributed by atoms with Gasteiger partial charge in [-0.15, -0.1) is 0 Å². The highest BCUT2D eigenvalue weighted by Crippen LogP contribution is 2.29. The molecule has 1 saturated heterocycles. The van der Waals surface area contributed by atoms with Crippen LogP contribution in [0.1, 0.15) is 18.4 Å². The van der Waals surface area contributed by atoms with Crippen LogP contribution in [0.3, 0.4) is 0 Å². The summed E-state index contributed by atoms with van der Waals surface area (Å²) in [6.07, 6.45) is 4.94. The van der Waals surface area contributed by atoms with Crippen molar-refractivity contribution in [1.82, 2.24) is 19.5 Å². The Morgan fingerprint density at radius 1 is 1.23 bits per heavy atom. The zero-order chi connectivity index (χ0) is 21.5. The lowest BCUT2D eigenvalue weighted by Crippen LogP contribution is -2.28. The van der Waals surface area contributed by atoms with Crippen molar-refractivity contribution in [2.45, 2.75) is 18.9 Å². The van der Waals surface area contributed by atoms with Crippen molar-refractivity contribution in [1.29, 1.82) is 5.26 Å². The summed E-state index contributed by atoms with van der Waals surface area (Å²) in [6, 6.07) is 7.61. The lowest BCUT2D eigenvalue weighted by molar-refractivity contribution is 0.0705. The number of nitriles is 1. The van der Waals surface area contributed by atoms with E-state index in [4.69, 9.17) is 29.6 Å². The first-order valence-electron chi connectivity index (χ1n) is 10.2. The van der Waals surface area contributed by atoms with Gasteiger partial charge in [-0.05, 0) is 25.0 Å². The number of aliphatic hydroxyl groups is 1. The monoisotopic (exact) mass is 424 g/mol. The van der Waals surface area contributed by atoms with Gasteiger partial charge in [0.15, 0.2) is 17.2 Å². The summed E-state index contributed by atoms with van der Waals surface area (Å²) in [5, 5.41) is 21.3. The molecule has 0 aliphatic carbocycles. The van der Waals surface area contributed by atoms with E-state index in [1.807, 2.05) is 6.07 Å². The molecular weight excluding hydrogens is 400 g/mol. The van der Waals surface area contributed by atoms with Gasteiger partial charge >= 0.3 is 0 Å². The van der Waals surface area contributed by atoms with Crippen LogP contribution in [0.2, 0.25) is 0 Å². The Morgan fingerprint density at radius 3 is 2.84 bits per heavy atom. The van der Waals surface area contributed by atoms with E-state index in [1.54, 1.807) is 23.0 Å². The number of rotatable bonds is 9. The van der Waals surface area contributed by atoms with Gasteiger partial charge in [0, 0.05) is 31.5 Å². The molecule has 3 aromatic rings. The van der Waals surface area contributed by atoms with Gasteiger partial charge in [-0.1, -0.05) is 0 Å². The van der Waals surface area contributed by atoms with Crippen molar-refractivity contribution in [2.75, 3.05) is 45.0 Å². The topological polar surface area (TPSA) is 127 Å². The normalized spacial score (nSPS) is 14.5. The molecule has 0 bridgehead atoms. The number of nitrogens with zero attached hydrogens (tertiary/aromatic N) is 5. The molecule has 3 aromatic heterocycles. The SMILES string of the molecule is N#Cc1ccc(-n2cnc3cc(OCCOCCO)c(NC4CCOCC4)nc32)nc1. The van der Waals surface area contributed by atoms with Crippen LogP contribution >= 0.6 is 0 Å². The van der Waals surface area contributed by atoms with Gasteiger partial charge < -0.3 is 24.6 Å². The molecule has 4 rings (SSSR count). The van der Waals surface area contributed by atoms with Crippen molar-refractivity contribution in [2.24, 2.45) is 0 Å². The lowest BCUT2D eigenvalue weighted by Gasteiger charge is -2.24. The van der Waals surface area contributed by atoms with Crippen molar-refractivity contribution in [3.8, 4) is 17.6 Å². The summed E-state index contributed by atoms with van der Waals surface area (Å²) in [7, 11) is 0. The Balaban J connectivity index is 1.63. The van der Waals surface area contributed by atoms with E-state index in [0.29, 0.717) is 60.5 Å². The number of pyridine rings is 2. The molecule has 0 spiro atoms. The Bertz CT molecular complexity index is 1040. The second kappa shape index (κ2) is 10.2. The van der Waals surface area contributed by atoms with E-state index in [1.165, 1.54) is 6.20 Å². The fourth-order valence-electron chi connectivity index (χ4n) is 3.31. The summed E-state index contributed by atoms with van der Waals surface area (Å²) in [4.78, 5) is 13.6. The highest BCUT2D eigenvalue weighted by Gasteiger charge is 2.19. The van der Waals surface area contributed by atoms with E-state index in [0.717, 1.165) is 12.8 Å². The molecule has 1 aliphatic heterocycles. The summed E-state index contributed by atoms with van der Waals surface area (Å²) in [5.74, 6) is 1.83. The number of hydrogen-bond donors (Lipinski definition) is 2. The van der Waals surface area contributed by atoms with Crippen LogP contribution < -0.4 is 10.1 Å². The molecule has 1 aliphatic rings. The number of aliphatic hydroxyl groups excluding tert-OH is 1. The van der Waals surface area contributed by atoms with Gasteiger partial charge in [-0.25, -0.2) is 15.0 Å². The Hall–Kier alpha value is -3.26. The van der Waals surface area contributed by atoms with E-state index in [2.05, 4.69) is 21.4 Å². The standard InChI is InChI=1S/C21H24N6O4/c22-12-15-1-2-19(23-13-15)27-14-24-17-11-18(31-10-9-30-8-5-28)20(26-21(17)27)25-16-3-6-29-7-4-16/h1-2,11,13-14,16,28H,3-10H2,(H,25,26). The molecule has 10 nitrogen and oxygen atoms in total. The first-order chi connectivity index (χ1) is 15.3. The molecule has 10 heteroatoms. The molecule has 0 amide bonds. The van der Waals surface area contributed by atoms with Crippen LogP contribution in [-0.4, -0.2) is 70.3 Å². The number of anilines is 1. The second-order valence-corrected chi connectivity index (χ2v) is 7.02. The van der Waals surface area contributed by atoms with E-state index in [9.17, 15) is 0 Å². The average Bonchev–Trinajstić information content (AvgIpc) is 3.22. The third kappa shape index (κ3) is 5.08. The first-order valence-corrected chi connectivity index (χ1v) is 10.2. The van der Waals surface area contributed by atoms with Crippen molar-refractivity contribution >= 4 is 17.0 Å². The molecule has 0 radical (unpaired) electrons. The highest BCUT2D eigenvalue weighted by atomic mass is 16.5. The Labute approximate surface area is 179 Å². The van der Waals surface area contributed by atoms with Crippen molar-refractivity contribution in [3.05, 3.63) is 36.3 Å². The van der Waals surface area contributed by atoms with E-state index < -0.39 is 0 Å². The number of hydrogen-bond acceptors (Lipinski definition) is 9. The summed E-state index contributed by atoms with van der Waals surface area (Å²) in [5.41, 5.74) is 1.78. The highest BCUT2D eigenvalue weighted by molar-refractivity contribution is 5.78. The van der Waals surface area contributed by atoms with E-state index >= 15 is 0 Å². The van der Waals surface area contributed by atoms with Crippen LogP contribution in [0.4, 0.5) is 5.82 Å². The third-order valence-electron chi connectivity index (χ3n) is 4.90. The van der Waals surface area contributed by atoms with Crippen LogP contribution in [0.15, 0.2) is 30.7 Å². The molecule has 162 valence electrons. The second-order valence-electron chi connectivity index (χ2n) is 7.02. The number of aromatic nitrogens is 4. The van der Waals surface area contributed by atoms with Gasteiger partial charge in [-0.2, -0.15) is 5.26 Å². The van der Waals surface area contributed by atoms with Crippen molar-refractivity contribution in [3.63, 3.8) is 0 Å². The fourth-order valence-corrected chi connectivity index (χ4v) is 3.31. The summed E-state index contributed by atoms with van der Waals surface area (Å²) in [6.45, 7) is 2.35. The smallest absolute Gasteiger partial charge is 0.171 e. The average molecular weight is 424 g/mol. The van der Waals surface area contributed by atoms with Crippen molar-refractivity contribution < 1.29 is 19.3 Å². The van der Waals surface area contributed by atoms with Crippen LogP contribution in [0.25, 0.3) is 17.0 Å². The molecular formula is C21H24N6O4. The van der Waals surface area contributed by atoms with Crippen LogP contribution in [0.5, 0.6) is 5.75 Å².